The van der Waals surface area contributed by atoms with E-state index in [0.717, 1.165) is 22.6 Å². The van der Waals surface area contributed by atoms with E-state index in [2.05, 4.69) is 56.3 Å². The highest BCUT2D eigenvalue weighted by atomic mass is 16.2. The lowest BCUT2D eigenvalue weighted by Crippen LogP contribution is -2.24. The summed E-state index contributed by atoms with van der Waals surface area (Å²) in [5.41, 5.74) is 13.7. The van der Waals surface area contributed by atoms with E-state index in [1.54, 1.807) is 67.6 Å². The number of nitrogens with zero attached hydrogens (tertiary/aromatic N) is 10. The van der Waals surface area contributed by atoms with E-state index in [4.69, 9.17) is 17.4 Å². The average molecular weight is 690 g/mol. The molecule has 51 heavy (non-hydrogen) atoms. The summed E-state index contributed by atoms with van der Waals surface area (Å²) in [5, 5.41) is 19.8. The van der Waals surface area contributed by atoms with E-state index in [9.17, 15) is 4.79 Å². The zero-order chi connectivity index (χ0) is 37.2. The summed E-state index contributed by atoms with van der Waals surface area (Å²) >= 11 is 0. The number of benzene rings is 1. The lowest BCUT2D eigenvalue weighted by Gasteiger charge is -2.00. The maximum atomic E-state index is 10.2. The number of primary amides is 1. The Balaban J connectivity index is 0.000000320. The van der Waals surface area contributed by atoms with Gasteiger partial charge in [-0.25, -0.2) is 10.2 Å². The molecule has 1 aromatic carbocycles. The number of amides is 2. The molecule has 16 heteroatoms. The van der Waals surface area contributed by atoms with Crippen LogP contribution in [0.3, 0.4) is 0 Å². The topological polar surface area (TPSA) is 236 Å². The Kier molecular flexibility index (Phi) is 23.6. The van der Waals surface area contributed by atoms with Crippen LogP contribution in [0, 0.1) is 0 Å². The number of pyridine rings is 4. The number of nitrogens with two attached hydrogens (primary N) is 3. The summed E-state index contributed by atoms with van der Waals surface area (Å²) < 4.78 is 0. The maximum absolute atomic E-state index is 10.2. The molecule has 0 radical (unpaired) electrons. The molecule has 264 valence electrons. The maximum Gasteiger partial charge on any atom is 0.332 e. The van der Waals surface area contributed by atoms with Crippen molar-refractivity contribution in [1.29, 1.82) is 0 Å². The molecule has 0 aliphatic carbocycles. The first-order valence-electron chi connectivity index (χ1n) is 15.0. The van der Waals surface area contributed by atoms with Crippen LogP contribution < -0.4 is 28.3 Å². The second-order valence-corrected chi connectivity index (χ2v) is 9.29. The molecule has 0 fully saturated rings. The predicted octanol–water partition coefficient (Wildman–Crippen LogP) is 3.05. The van der Waals surface area contributed by atoms with Gasteiger partial charge in [-0.1, -0.05) is 54.6 Å². The van der Waals surface area contributed by atoms with Gasteiger partial charge in [-0.05, 0) is 54.1 Å². The van der Waals surface area contributed by atoms with Crippen LogP contribution in [0.15, 0.2) is 153 Å². The van der Waals surface area contributed by atoms with Gasteiger partial charge in [0.1, 0.15) is 0 Å². The highest BCUT2D eigenvalue weighted by Crippen LogP contribution is 1.93. The first-order valence-corrected chi connectivity index (χ1v) is 15.0. The van der Waals surface area contributed by atoms with Crippen molar-refractivity contribution in [2.24, 2.45) is 42.9 Å². The van der Waals surface area contributed by atoms with Gasteiger partial charge in [0.25, 0.3) is 0 Å². The molecule has 0 aliphatic heterocycles. The van der Waals surface area contributed by atoms with Crippen molar-refractivity contribution >= 4 is 37.1 Å². The average Bonchev–Trinajstić information content (AvgIpc) is 3.16. The van der Waals surface area contributed by atoms with Crippen molar-refractivity contribution in [3.05, 3.63) is 156 Å². The van der Waals surface area contributed by atoms with Crippen LogP contribution in [0.5, 0.6) is 0 Å². The lowest BCUT2D eigenvalue weighted by molar-refractivity contribution is 0.249. The number of rotatable bonds is 8. The molecule has 0 aliphatic rings. The minimum Gasteiger partial charge on any atom is -0.350 e. The highest BCUT2D eigenvalue weighted by molar-refractivity contribution is 5.80. The first kappa shape index (κ1) is 41.7. The van der Waals surface area contributed by atoms with Crippen molar-refractivity contribution in [2.75, 3.05) is 21.1 Å². The molecule has 16 nitrogen and oxygen atoms in total. The summed E-state index contributed by atoms with van der Waals surface area (Å²) in [6.45, 7) is 0. The van der Waals surface area contributed by atoms with E-state index >= 15 is 0 Å². The zero-order valence-electron chi connectivity index (χ0n) is 28.6. The number of hydrazone groups is 5. The number of carbonyl (C=O) groups excluding carboxylic acids is 1. The molecule has 2 amide bonds. The van der Waals surface area contributed by atoms with Gasteiger partial charge in [0.15, 0.2) is 0 Å². The van der Waals surface area contributed by atoms with Crippen LogP contribution in [0.1, 0.15) is 28.3 Å². The van der Waals surface area contributed by atoms with Crippen molar-refractivity contribution in [1.82, 2.24) is 35.8 Å². The lowest BCUT2D eigenvalue weighted by atomic mass is 10.2. The van der Waals surface area contributed by atoms with Crippen molar-refractivity contribution in [3.8, 4) is 0 Å². The Hall–Kier alpha value is -7.36. The third kappa shape index (κ3) is 24.5. The molecular weight excluding hydrogens is 646 g/mol. The molecule has 5 rings (SSSR count). The van der Waals surface area contributed by atoms with Gasteiger partial charge in [-0.2, -0.15) is 25.5 Å². The first-order chi connectivity index (χ1) is 24.9. The summed E-state index contributed by atoms with van der Waals surface area (Å²) in [6.07, 6.45) is 14.7. The predicted molar refractivity (Wildman–Crippen MR) is 205 cm³/mol. The summed E-state index contributed by atoms with van der Waals surface area (Å²) in [5.74, 6) is 9.82. The summed E-state index contributed by atoms with van der Waals surface area (Å²) in [7, 11) is 5.50. The summed E-state index contributed by atoms with van der Waals surface area (Å²) in [4.78, 5) is 26.1. The van der Waals surface area contributed by atoms with Gasteiger partial charge in [-0.3, -0.25) is 19.9 Å². The highest BCUT2D eigenvalue weighted by Gasteiger charge is 1.87. The molecule has 0 saturated carbocycles. The monoisotopic (exact) mass is 689 g/mol. The fourth-order valence-corrected chi connectivity index (χ4v) is 2.98. The molecule has 0 atom stereocenters. The Labute approximate surface area is 297 Å². The molecule has 0 unspecified atom stereocenters. The quantitative estimate of drug-likeness (QED) is 0.0913. The van der Waals surface area contributed by atoms with E-state index in [0.29, 0.717) is 5.69 Å². The van der Waals surface area contributed by atoms with E-state index < -0.39 is 6.03 Å². The van der Waals surface area contributed by atoms with E-state index in [-0.39, 0.29) is 0 Å². The van der Waals surface area contributed by atoms with Gasteiger partial charge in [0.2, 0.25) is 0 Å². The minimum atomic E-state index is -0.692. The molecule has 5 aromatic rings. The van der Waals surface area contributed by atoms with Crippen LogP contribution in [0.2, 0.25) is 0 Å². The van der Waals surface area contributed by atoms with E-state index in [1.807, 2.05) is 105 Å². The van der Waals surface area contributed by atoms with Crippen LogP contribution in [0.25, 0.3) is 0 Å². The Morgan fingerprint density at radius 1 is 0.588 bits per heavy atom. The summed E-state index contributed by atoms with van der Waals surface area (Å²) in [6, 6.07) is 31.3. The van der Waals surface area contributed by atoms with Gasteiger partial charge < -0.3 is 27.9 Å². The number of hydrogen-bond donors (Lipinski definition) is 5. The number of nitrogens with one attached hydrogen (secondary N) is 2. The molecule has 0 bridgehead atoms. The SMILES string of the molecule is CN(C)/N=C/c1ccccn1.CN/N=C/c1ccccn1.N/N=C/c1ccccc1.N/N=C/c1ccccn1.NC(=O)N/N=C/c1ccccn1. The molecular formula is C35H43N15O. The van der Waals surface area contributed by atoms with Crippen molar-refractivity contribution < 1.29 is 4.79 Å². The molecule has 0 spiro atoms. The normalized spacial score (nSPS) is 10.2. The molecule has 0 saturated heterocycles. The minimum absolute atomic E-state index is 0.659. The third-order valence-corrected chi connectivity index (χ3v) is 5.10. The van der Waals surface area contributed by atoms with Gasteiger partial charge >= 0.3 is 6.03 Å². The number of hydrogen-bond acceptors (Lipinski definition) is 14. The van der Waals surface area contributed by atoms with Gasteiger partial charge in [0, 0.05) is 45.9 Å². The van der Waals surface area contributed by atoms with Crippen molar-refractivity contribution in [3.63, 3.8) is 0 Å². The molecule has 4 aromatic heterocycles. The van der Waals surface area contributed by atoms with Crippen molar-refractivity contribution in [2.45, 2.75) is 0 Å². The molecule has 4 heterocycles. The fraction of sp³-hybridized carbons (Fsp3) is 0.0857. The Morgan fingerprint density at radius 2 is 1.00 bits per heavy atom. The Morgan fingerprint density at radius 3 is 1.37 bits per heavy atom. The third-order valence-electron chi connectivity index (χ3n) is 5.10. The molecule has 8 N–H and O–H groups in total. The smallest absolute Gasteiger partial charge is 0.332 e. The number of carbonyl (C=O) groups is 1. The van der Waals surface area contributed by atoms with Crippen LogP contribution in [-0.4, -0.2) is 83.2 Å². The van der Waals surface area contributed by atoms with Gasteiger partial charge in [-0.15, -0.1) is 0 Å². The van der Waals surface area contributed by atoms with Crippen LogP contribution >= 0.6 is 0 Å². The standard InChI is InChI=1S/C8H11N3.C7H8N4O.C7H9N3.C7H8N2.C6H7N3/c1-11(2)10-7-8-5-3-4-6-9-8;8-7(12)11-10-5-6-3-1-2-4-9-6;1-8-10-6-7-4-2-3-5-9-7;8-9-6-7-4-2-1-3-5-7;7-9-5-6-3-1-2-4-8-6/h3-7H,1-2H3;1-5H,(H3,8,11,12);2-6,8H,1H3;1-6H,8H2;1-5H,7H2/b10-7+;10-5+;10-6+;9-6+;9-5+. The second kappa shape index (κ2) is 28.8. The zero-order valence-corrected chi connectivity index (χ0v) is 28.6. The van der Waals surface area contributed by atoms with Crippen LogP contribution in [-0.2, 0) is 0 Å². The second-order valence-electron chi connectivity index (χ2n) is 9.29. The van der Waals surface area contributed by atoms with Gasteiger partial charge in [0.05, 0.1) is 53.8 Å². The fourth-order valence-electron chi connectivity index (χ4n) is 2.98. The van der Waals surface area contributed by atoms with E-state index in [1.165, 1.54) is 12.4 Å². The number of aromatic nitrogens is 4. The largest absolute Gasteiger partial charge is 0.350 e. The number of urea groups is 1. The van der Waals surface area contributed by atoms with Crippen LogP contribution in [0.4, 0.5) is 4.79 Å². The Bertz CT molecular complexity index is 1660.